The summed E-state index contributed by atoms with van der Waals surface area (Å²) in [5.41, 5.74) is 2.16. The van der Waals surface area contributed by atoms with Crippen molar-refractivity contribution in [2.24, 2.45) is 0 Å². The summed E-state index contributed by atoms with van der Waals surface area (Å²) in [6, 6.07) is 11.7. The first-order valence-corrected chi connectivity index (χ1v) is 9.60. The molecule has 0 amide bonds. The zero-order valence-corrected chi connectivity index (χ0v) is 14.3. The number of rotatable bonds is 4. The van der Waals surface area contributed by atoms with E-state index in [1.807, 2.05) is 6.07 Å². The van der Waals surface area contributed by atoms with Gasteiger partial charge in [-0.3, -0.25) is 4.72 Å². The molecule has 3 aromatic rings. The lowest BCUT2D eigenvalue weighted by atomic mass is 10.2. The van der Waals surface area contributed by atoms with Gasteiger partial charge in [0.2, 0.25) is 0 Å². The van der Waals surface area contributed by atoms with Crippen LogP contribution in [-0.2, 0) is 10.0 Å². The van der Waals surface area contributed by atoms with Crippen LogP contribution in [0.15, 0.2) is 52.2 Å². The van der Waals surface area contributed by atoms with Gasteiger partial charge in [-0.1, -0.05) is 18.2 Å². The number of hydrogen-bond acceptors (Lipinski definition) is 4. The Kier molecular flexibility index (Phi) is 3.76. The van der Waals surface area contributed by atoms with Crippen LogP contribution in [-0.4, -0.2) is 31.5 Å². The average molecular weight is 358 g/mol. The van der Waals surface area contributed by atoms with Crippen molar-refractivity contribution in [2.75, 3.05) is 22.7 Å². The molecule has 0 saturated carbocycles. The molecule has 8 heteroatoms. The molecule has 2 aromatic carbocycles. The lowest BCUT2D eigenvalue weighted by Crippen LogP contribution is -2.21. The van der Waals surface area contributed by atoms with Crippen molar-refractivity contribution in [1.29, 1.82) is 0 Å². The van der Waals surface area contributed by atoms with Crippen LogP contribution in [0.1, 0.15) is 12.8 Å². The molecule has 0 atom stereocenters. The molecule has 1 aliphatic rings. The highest BCUT2D eigenvalue weighted by atomic mass is 32.2. The number of nitrogens with zero attached hydrogens (tertiary/aromatic N) is 1. The van der Waals surface area contributed by atoms with Crippen molar-refractivity contribution in [1.82, 2.24) is 9.97 Å². The Balaban J connectivity index is 1.81. The van der Waals surface area contributed by atoms with Crippen LogP contribution in [0.25, 0.3) is 11.0 Å². The van der Waals surface area contributed by atoms with E-state index in [-0.39, 0.29) is 10.6 Å². The first-order chi connectivity index (χ1) is 12.0. The second kappa shape index (κ2) is 5.96. The number of aromatic amines is 2. The Hall–Kier alpha value is -2.74. The van der Waals surface area contributed by atoms with Gasteiger partial charge in [0.15, 0.2) is 0 Å². The van der Waals surface area contributed by atoms with Gasteiger partial charge >= 0.3 is 5.69 Å². The number of imidazole rings is 1. The Labute approximate surface area is 144 Å². The van der Waals surface area contributed by atoms with Crippen LogP contribution < -0.4 is 15.3 Å². The molecule has 1 saturated heterocycles. The molecule has 130 valence electrons. The number of anilines is 2. The van der Waals surface area contributed by atoms with Crippen LogP contribution in [0.2, 0.25) is 0 Å². The Morgan fingerprint density at radius 2 is 1.60 bits per heavy atom. The first kappa shape index (κ1) is 15.8. The van der Waals surface area contributed by atoms with E-state index in [4.69, 9.17) is 0 Å². The second-order valence-corrected chi connectivity index (χ2v) is 7.79. The van der Waals surface area contributed by atoms with Gasteiger partial charge in [0.1, 0.15) is 0 Å². The number of H-pyrrole nitrogens is 2. The smallest absolute Gasteiger partial charge is 0.323 e. The van der Waals surface area contributed by atoms with Crippen LogP contribution in [0.5, 0.6) is 0 Å². The van der Waals surface area contributed by atoms with Gasteiger partial charge < -0.3 is 14.9 Å². The third kappa shape index (κ3) is 3.00. The molecule has 0 spiro atoms. The summed E-state index contributed by atoms with van der Waals surface area (Å²) < 4.78 is 28.1. The fraction of sp³-hybridized carbons (Fsp3) is 0.235. The average Bonchev–Trinajstić information content (AvgIpc) is 3.23. The molecule has 7 nitrogen and oxygen atoms in total. The maximum absolute atomic E-state index is 12.7. The highest BCUT2D eigenvalue weighted by Gasteiger charge is 2.21. The van der Waals surface area contributed by atoms with E-state index in [2.05, 4.69) is 19.6 Å². The number of aromatic nitrogens is 2. The number of fused-ring (bicyclic) bond motifs is 1. The van der Waals surface area contributed by atoms with E-state index in [1.165, 1.54) is 0 Å². The van der Waals surface area contributed by atoms with Gasteiger partial charge in [-0.15, -0.1) is 0 Å². The monoisotopic (exact) mass is 358 g/mol. The fourth-order valence-corrected chi connectivity index (χ4v) is 4.26. The number of nitrogens with one attached hydrogen (secondary N) is 3. The fourth-order valence-electron chi connectivity index (χ4n) is 3.18. The van der Waals surface area contributed by atoms with Crippen LogP contribution in [0.4, 0.5) is 11.4 Å². The summed E-state index contributed by atoms with van der Waals surface area (Å²) in [7, 11) is -3.71. The van der Waals surface area contributed by atoms with Gasteiger partial charge in [0.05, 0.1) is 27.3 Å². The summed E-state index contributed by atoms with van der Waals surface area (Å²) in [5.74, 6) is 0. The lowest BCUT2D eigenvalue weighted by molar-refractivity contribution is 0.601. The summed E-state index contributed by atoms with van der Waals surface area (Å²) in [6.45, 7) is 1.72. The Morgan fingerprint density at radius 1 is 0.960 bits per heavy atom. The third-order valence-corrected chi connectivity index (χ3v) is 5.76. The standard InChI is InChI=1S/C17H18N4O3S/c22-17-18-13-10-15(20-25(23,24)12-6-2-1-3-7-12)16(11-14(13)19-17)21-8-4-5-9-21/h1-3,6-7,10-11,20H,4-5,8-9H2,(H2,18,19,22). The zero-order chi connectivity index (χ0) is 17.4. The maximum Gasteiger partial charge on any atom is 0.323 e. The Bertz CT molecular complexity index is 1060. The van der Waals surface area contributed by atoms with Crippen molar-refractivity contribution >= 4 is 32.4 Å². The van der Waals surface area contributed by atoms with Crippen molar-refractivity contribution in [3.8, 4) is 0 Å². The lowest BCUT2D eigenvalue weighted by Gasteiger charge is -2.22. The zero-order valence-electron chi connectivity index (χ0n) is 13.5. The first-order valence-electron chi connectivity index (χ1n) is 8.12. The minimum absolute atomic E-state index is 0.199. The number of sulfonamides is 1. The topological polar surface area (TPSA) is 98.1 Å². The summed E-state index contributed by atoms with van der Waals surface area (Å²) in [4.78, 5) is 19.3. The molecule has 3 N–H and O–H groups in total. The molecule has 0 aliphatic carbocycles. The minimum atomic E-state index is -3.71. The molecular formula is C17H18N4O3S. The molecule has 0 radical (unpaired) electrons. The minimum Gasteiger partial charge on any atom is -0.370 e. The molecule has 4 rings (SSSR count). The molecule has 1 aromatic heterocycles. The van der Waals surface area contributed by atoms with E-state index in [0.717, 1.165) is 31.6 Å². The van der Waals surface area contributed by atoms with Crippen molar-refractivity contribution < 1.29 is 8.42 Å². The predicted molar refractivity (Wildman–Crippen MR) is 97.6 cm³/mol. The largest absolute Gasteiger partial charge is 0.370 e. The summed E-state index contributed by atoms with van der Waals surface area (Å²) in [5, 5.41) is 0. The third-order valence-electron chi connectivity index (χ3n) is 4.38. The molecular weight excluding hydrogens is 340 g/mol. The molecule has 1 fully saturated rings. The van der Waals surface area contributed by atoms with Gasteiger partial charge in [0, 0.05) is 13.1 Å². The van der Waals surface area contributed by atoms with Crippen molar-refractivity contribution in [3.63, 3.8) is 0 Å². The quantitative estimate of drug-likeness (QED) is 0.666. The normalized spacial score (nSPS) is 15.0. The van der Waals surface area contributed by atoms with Crippen LogP contribution in [0.3, 0.4) is 0 Å². The van der Waals surface area contributed by atoms with E-state index >= 15 is 0 Å². The molecule has 2 heterocycles. The maximum atomic E-state index is 12.7. The summed E-state index contributed by atoms with van der Waals surface area (Å²) >= 11 is 0. The number of hydrogen-bond donors (Lipinski definition) is 3. The highest BCUT2D eigenvalue weighted by molar-refractivity contribution is 7.92. The molecule has 0 bridgehead atoms. The molecule has 25 heavy (non-hydrogen) atoms. The Morgan fingerprint density at radius 3 is 2.28 bits per heavy atom. The predicted octanol–water partition coefficient (Wildman–Crippen LogP) is 2.26. The van der Waals surface area contributed by atoms with E-state index in [1.54, 1.807) is 36.4 Å². The van der Waals surface area contributed by atoms with Crippen molar-refractivity contribution in [3.05, 3.63) is 52.9 Å². The molecule has 0 unspecified atom stereocenters. The SMILES string of the molecule is O=c1[nH]c2cc(NS(=O)(=O)c3ccccc3)c(N3CCCC3)cc2[nH]1. The highest BCUT2D eigenvalue weighted by Crippen LogP contribution is 2.33. The number of benzene rings is 2. The van der Waals surface area contributed by atoms with E-state index < -0.39 is 10.0 Å². The second-order valence-electron chi connectivity index (χ2n) is 6.11. The van der Waals surface area contributed by atoms with Gasteiger partial charge in [-0.2, -0.15) is 0 Å². The van der Waals surface area contributed by atoms with Crippen molar-refractivity contribution in [2.45, 2.75) is 17.7 Å². The van der Waals surface area contributed by atoms with Gasteiger partial charge in [-0.25, -0.2) is 13.2 Å². The molecule has 1 aliphatic heterocycles. The van der Waals surface area contributed by atoms with Crippen LogP contribution >= 0.6 is 0 Å². The van der Waals surface area contributed by atoms with Crippen LogP contribution in [0, 0.1) is 0 Å². The van der Waals surface area contributed by atoms with Gasteiger partial charge in [-0.05, 0) is 37.1 Å². The van der Waals surface area contributed by atoms with E-state index in [9.17, 15) is 13.2 Å². The van der Waals surface area contributed by atoms with E-state index in [0.29, 0.717) is 16.7 Å². The van der Waals surface area contributed by atoms with Gasteiger partial charge in [0.25, 0.3) is 10.0 Å². The summed E-state index contributed by atoms with van der Waals surface area (Å²) in [6.07, 6.45) is 2.12.